The molecule has 120 heavy (non-hydrogen) atoms. The van der Waals surface area contributed by atoms with Crippen LogP contribution >= 0.6 is 0 Å². The van der Waals surface area contributed by atoms with Crippen molar-refractivity contribution in [3.05, 3.63) is 423 Å². The Morgan fingerprint density at radius 2 is 0.350 bits per heavy atom. The first-order valence-electron chi connectivity index (χ1n) is 42.5. The number of fused-ring (bicyclic) bond motifs is 10. The molecule has 16 aromatic carbocycles. The molecule has 0 aliphatic heterocycles. The third-order valence-electron chi connectivity index (χ3n) is 25.5. The fourth-order valence-corrected chi connectivity index (χ4v) is 19.7. The first-order chi connectivity index (χ1) is 59.4. The molecule has 0 N–H and O–H groups in total. The van der Waals surface area contributed by atoms with Crippen LogP contribution in [-0.2, 0) is 10.8 Å². The van der Waals surface area contributed by atoms with Gasteiger partial charge < -0.3 is 0 Å². The minimum absolute atomic E-state index is 0.110. The van der Waals surface area contributed by atoms with Crippen molar-refractivity contribution >= 4 is 0 Å². The number of rotatable bonds is 14. The highest BCUT2D eigenvalue weighted by molar-refractivity contribution is 5.92. The topological polar surface area (TPSA) is 77.3 Å². The SMILES string of the molecule is c1ccc(-c2cccc(-c3nc(-c4ccccc4)nc(-c4ccc(-c5ccc(-c6cccc(-c7cccc8c7C7(CCCCC7)c7ccccc7-8)c6)cc5)cc4)n3)c2)cc1.c1ccc(-c2cccc(-c3nc(-c4ccccc4)nc(-c4ccc(-c5cccc(-c6ccc(-c7cccc8c7C7(CCCCC7)c7ccccc7-8)cc6)c5)cc4)n3)c2)cc1. The fourth-order valence-electron chi connectivity index (χ4n) is 19.7. The molecule has 4 aliphatic carbocycles. The van der Waals surface area contributed by atoms with E-state index >= 15 is 0 Å². The predicted molar refractivity (Wildman–Crippen MR) is 494 cm³/mol. The summed E-state index contributed by atoms with van der Waals surface area (Å²) in [6.45, 7) is 0. The van der Waals surface area contributed by atoms with Crippen molar-refractivity contribution in [2.45, 2.75) is 75.0 Å². The highest BCUT2D eigenvalue weighted by atomic mass is 15.0. The van der Waals surface area contributed by atoms with Gasteiger partial charge in [0.1, 0.15) is 0 Å². The lowest BCUT2D eigenvalue weighted by molar-refractivity contribution is 0.353. The van der Waals surface area contributed by atoms with E-state index in [0.29, 0.717) is 34.9 Å². The average Bonchev–Trinajstić information content (AvgIpc) is 1.56. The van der Waals surface area contributed by atoms with Gasteiger partial charge >= 0.3 is 0 Å². The van der Waals surface area contributed by atoms with Gasteiger partial charge in [0.2, 0.25) is 0 Å². The lowest BCUT2D eigenvalue weighted by Crippen LogP contribution is -2.28. The smallest absolute Gasteiger partial charge is 0.164 e. The minimum Gasteiger partial charge on any atom is -0.208 e. The minimum atomic E-state index is 0.110. The van der Waals surface area contributed by atoms with E-state index in [1.54, 1.807) is 11.1 Å². The van der Waals surface area contributed by atoms with E-state index < -0.39 is 0 Å². The highest BCUT2D eigenvalue weighted by Gasteiger charge is 2.47. The standard InChI is InChI=1S/2C57H43N3/c1-4-15-39(16-5-1)46-20-13-22-48(38-46)56-59-54(43-17-6-2-7-18-43)58-55(60-56)44-33-31-41(32-34-44)40-27-29-42(30-28-40)45-19-12-21-47(37-45)49-24-14-25-51-50-23-8-9-26-52(50)57(53(49)51)35-10-3-11-36-57;1-4-15-39(16-5-1)47-21-13-22-48(38-47)56-59-54(43-17-6-2-7-18-43)58-55(60-56)44-33-29-41(30-34-44)46-20-12-19-45(37-46)40-27-31-42(32-28-40)49-24-14-25-51-50-23-8-9-26-52(50)57(53(49)51)35-10-3-11-36-57/h2*1-2,4-9,12-34,37-38H,3,10-11,35-36H2. The van der Waals surface area contributed by atoms with Crippen LogP contribution in [0.2, 0.25) is 0 Å². The van der Waals surface area contributed by atoms with Crippen LogP contribution in [0.4, 0.5) is 0 Å². The van der Waals surface area contributed by atoms with E-state index in [2.05, 4.69) is 328 Å². The van der Waals surface area contributed by atoms with Crippen molar-refractivity contribution in [1.29, 1.82) is 0 Å². The second kappa shape index (κ2) is 31.9. The number of hydrogen-bond acceptors (Lipinski definition) is 6. The summed E-state index contributed by atoms with van der Waals surface area (Å²) < 4.78 is 0. The average molecular weight is 1540 g/mol. The van der Waals surface area contributed by atoms with Gasteiger partial charge in [-0.3, -0.25) is 0 Å². The summed E-state index contributed by atoms with van der Waals surface area (Å²) >= 11 is 0. The van der Waals surface area contributed by atoms with Crippen LogP contribution in [0.1, 0.15) is 86.5 Å². The van der Waals surface area contributed by atoms with Crippen molar-refractivity contribution in [1.82, 2.24) is 29.9 Å². The lowest BCUT2D eigenvalue weighted by atomic mass is 9.66. The molecule has 572 valence electrons. The van der Waals surface area contributed by atoms with E-state index in [1.165, 1.54) is 153 Å². The highest BCUT2D eigenvalue weighted by Crippen LogP contribution is 2.60. The third kappa shape index (κ3) is 13.9. The molecule has 0 amide bonds. The fraction of sp³-hybridized carbons (Fsp3) is 0.105. The summed E-state index contributed by atoms with van der Waals surface area (Å²) in [5.74, 6) is 3.89. The Morgan fingerprint density at radius 3 is 0.708 bits per heavy atom. The Labute approximate surface area is 702 Å². The Kier molecular flexibility index (Phi) is 19.4. The summed E-state index contributed by atoms with van der Waals surface area (Å²) in [6.07, 6.45) is 12.7. The molecule has 2 aromatic heterocycles. The van der Waals surface area contributed by atoms with Crippen LogP contribution in [-0.4, -0.2) is 29.9 Å². The molecule has 0 atom stereocenters. The molecular formula is C114H86N6. The Morgan fingerprint density at radius 1 is 0.142 bits per heavy atom. The molecule has 2 fully saturated rings. The van der Waals surface area contributed by atoms with Gasteiger partial charge in [0, 0.05) is 44.2 Å². The molecule has 0 radical (unpaired) electrons. The van der Waals surface area contributed by atoms with Crippen molar-refractivity contribution in [2.75, 3.05) is 0 Å². The van der Waals surface area contributed by atoms with Crippen LogP contribution in [0.3, 0.4) is 0 Å². The van der Waals surface area contributed by atoms with Gasteiger partial charge in [-0.2, -0.15) is 0 Å². The Hall–Kier alpha value is -14.5. The van der Waals surface area contributed by atoms with E-state index in [1.807, 2.05) is 72.8 Å². The molecule has 6 nitrogen and oxygen atoms in total. The number of nitrogens with zero attached hydrogens (tertiary/aromatic N) is 6. The molecule has 4 aliphatic rings. The zero-order chi connectivity index (χ0) is 79.8. The van der Waals surface area contributed by atoms with Gasteiger partial charge in [0.15, 0.2) is 34.9 Å². The van der Waals surface area contributed by atoms with Crippen LogP contribution < -0.4 is 0 Å². The van der Waals surface area contributed by atoms with Crippen molar-refractivity contribution in [3.63, 3.8) is 0 Å². The second-order valence-corrected chi connectivity index (χ2v) is 32.5. The monoisotopic (exact) mass is 1540 g/mol. The zero-order valence-electron chi connectivity index (χ0n) is 66.9. The molecule has 6 heteroatoms. The van der Waals surface area contributed by atoms with Crippen molar-refractivity contribution in [2.24, 2.45) is 0 Å². The van der Waals surface area contributed by atoms with E-state index in [0.717, 1.165) is 66.8 Å². The van der Waals surface area contributed by atoms with Gasteiger partial charge in [-0.15, -0.1) is 0 Å². The molecule has 2 saturated carbocycles. The molecule has 22 rings (SSSR count). The maximum Gasteiger partial charge on any atom is 0.164 e. The van der Waals surface area contributed by atoms with Crippen LogP contribution in [0, 0.1) is 0 Å². The number of aromatic nitrogens is 6. The molecule has 0 saturated heterocycles. The normalized spacial score (nSPS) is 13.8. The van der Waals surface area contributed by atoms with Gasteiger partial charge in [0.25, 0.3) is 0 Å². The van der Waals surface area contributed by atoms with Gasteiger partial charge in [0.05, 0.1) is 0 Å². The van der Waals surface area contributed by atoms with E-state index in [-0.39, 0.29) is 10.8 Å². The summed E-state index contributed by atoms with van der Waals surface area (Å²) in [4.78, 5) is 30.0. The van der Waals surface area contributed by atoms with Crippen molar-refractivity contribution < 1.29 is 0 Å². The zero-order valence-corrected chi connectivity index (χ0v) is 66.9. The maximum atomic E-state index is 5.05. The van der Waals surface area contributed by atoms with E-state index in [9.17, 15) is 0 Å². The summed E-state index contributed by atoms with van der Waals surface area (Å²) in [5, 5.41) is 0. The van der Waals surface area contributed by atoms with Crippen LogP contribution in [0.25, 0.3) is 180 Å². The first kappa shape index (κ1) is 73.2. The Balaban J connectivity index is 0.000000148. The van der Waals surface area contributed by atoms with Gasteiger partial charge in [-0.1, -0.05) is 415 Å². The molecule has 0 bridgehead atoms. The number of hydrogen-bond donors (Lipinski definition) is 0. The third-order valence-corrected chi connectivity index (χ3v) is 25.5. The number of benzene rings is 16. The van der Waals surface area contributed by atoms with E-state index in [4.69, 9.17) is 29.9 Å². The quantitative estimate of drug-likeness (QED) is 0.108. The Bertz CT molecular complexity index is 6790. The summed E-state index contributed by atoms with van der Waals surface area (Å²) in [5.41, 5.74) is 37.2. The first-order valence-corrected chi connectivity index (χ1v) is 42.5. The largest absolute Gasteiger partial charge is 0.208 e. The lowest BCUT2D eigenvalue weighted by Gasteiger charge is -2.37. The molecular weight excluding hydrogens is 1450 g/mol. The molecule has 2 heterocycles. The predicted octanol–water partition coefficient (Wildman–Crippen LogP) is 29.5. The van der Waals surface area contributed by atoms with Crippen molar-refractivity contribution in [3.8, 4) is 180 Å². The second-order valence-electron chi connectivity index (χ2n) is 32.5. The molecule has 0 unspecified atom stereocenters. The summed E-state index contributed by atoms with van der Waals surface area (Å²) in [7, 11) is 0. The van der Waals surface area contributed by atoms with Gasteiger partial charge in [-0.05, 0) is 183 Å². The van der Waals surface area contributed by atoms with Crippen LogP contribution in [0.15, 0.2) is 400 Å². The molecule has 18 aromatic rings. The van der Waals surface area contributed by atoms with Crippen LogP contribution in [0.5, 0.6) is 0 Å². The summed E-state index contributed by atoms with van der Waals surface area (Å²) in [6, 6.07) is 144. The maximum absolute atomic E-state index is 5.05. The van der Waals surface area contributed by atoms with Gasteiger partial charge in [-0.25, -0.2) is 29.9 Å². The molecule has 2 spiro atoms.